The minimum absolute atomic E-state index is 0.0111. The van der Waals surface area contributed by atoms with Crippen LogP contribution in [0.5, 0.6) is 11.5 Å². The zero-order chi connectivity index (χ0) is 27.5. The Kier molecular flexibility index (Phi) is 8.32. The second-order valence-electron chi connectivity index (χ2n) is 9.36. The number of benzene rings is 2. The van der Waals surface area contributed by atoms with Crippen LogP contribution in [0.4, 0.5) is 5.69 Å². The van der Waals surface area contributed by atoms with Crippen molar-refractivity contribution in [3.8, 4) is 11.5 Å². The van der Waals surface area contributed by atoms with Crippen molar-refractivity contribution in [1.82, 2.24) is 9.66 Å². The highest BCUT2D eigenvalue weighted by molar-refractivity contribution is 9.10. The average Bonchev–Trinajstić information content (AvgIpc) is 2.80. The molecule has 0 fully saturated rings. The number of carbonyl (C=O) groups is 1. The Morgan fingerprint density at radius 2 is 1.97 bits per heavy atom. The number of halogens is 1. The summed E-state index contributed by atoms with van der Waals surface area (Å²) in [6, 6.07) is 7.86. The molecule has 1 heterocycles. The predicted molar refractivity (Wildman–Crippen MR) is 142 cm³/mol. The number of nitrogens with zero attached hydrogens (tertiary/aromatic N) is 4. The largest absolute Gasteiger partial charge is 0.493 e. The third-order valence-electron chi connectivity index (χ3n) is 4.98. The van der Waals surface area contributed by atoms with Gasteiger partial charge in [0.15, 0.2) is 12.4 Å². The fourth-order valence-electron chi connectivity index (χ4n) is 3.41. The van der Waals surface area contributed by atoms with Gasteiger partial charge in [-0.2, -0.15) is 9.78 Å². The summed E-state index contributed by atoms with van der Waals surface area (Å²) in [6.45, 7) is 8.51. The highest BCUT2D eigenvalue weighted by Gasteiger charge is 2.25. The van der Waals surface area contributed by atoms with Gasteiger partial charge >= 0.3 is 11.7 Å². The van der Waals surface area contributed by atoms with E-state index in [0.29, 0.717) is 21.2 Å². The lowest BCUT2D eigenvalue weighted by molar-refractivity contribution is -0.385. The van der Waals surface area contributed by atoms with Gasteiger partial charge in [-0.1, -0.05) is 36.7 Å². The first-order valence-corrected chi connectivity index (χ1v) is 12.1. The van der Waals surface area contributed by atoms with Gasteiger partial charge < -0.3 is 14.2 Å². The van der Waals surface area contributed by atoms with Gasteiger partial charge in [0, 0.05) is 21.5 Å². The van der Waals surface area contributed by atoms with E-state index in [1.807, 2.05) is 20.8 Å². The molecule has 3 aromatic rings. The zero-order valence-corrected chi connectivity index (χ0v) is 22.9. The number of rotatable bonds is 8. The highest BCUT2D eigenvalue weighted by atomic mass is 79.9. The molecule has 196 valence electrons. The van der Waals surface area contributed by atoms with Crippen molar-refractivity contribution in [3.05, 3.63) is 66.7 Å². The van der Waals surface area contributed by atoms with E-state index in [0.717, 1.165) is 0 Å². The van der Waals surface area contributed by atoms with Crippen LogP contribution in [0.2, 0.25) is 0 Å². The highest BCUT2D eigenvalue weighted by Crippen LogP contribution is 2.38. The molecule has 1 aromatic heterocycles. The summed E-state index contributed by atoms with van der Waals surface area (Å²) >= 11 is 3.37. The lowest BCUT2D eigenvalue weighted by Gasteiger charge is -2.20. The number of ether oxygens (including phenoxy) is 3. The normalized spacial score (nSPS) is 11.8. The van der Waals surface area contributed by atoms with Crippen LogP contribution in [0.25, 0.3) is 10.9 Å². The maximum atomic E-state index is 13.3. The summed E-state index contributed by atoms with van der Waals surface area (Å²) in [5, 5.41) is 16.5. The minimum Gasteiger partial charge on any atom is -0.493 e. The molecule has 3 rings (SSSR count). The number of hydrogen-bond acceptors (Lipinski definition) is 9. The molecule has 0 spiro atoms. The van der Waals surface area contributed by atoms with Gasteiger partial charge in [0.2, 0.25) is 5.75 Å². The lowest BCUT2D eigenvalue weighted by Crippen LogP contribution is -2.29. The second kappa shape index (κ2) is 11.1. The summed E-state index contributed by atoms with van der Waals surface area (Å²) < 4.78 is 17.6. The molecule has 11 nitrogen and oxygen atoms in total. The number of esters is 1. The summed E-state index contributed by atoms with van der Waals surface area (Å²) in [5.74, 6) is -0.484. The quantitative estimate of drug-likeness (QED) is 0.165. The fourth-order valence-corrected chi connectivity index (χ4v) is 3.77. The first-order valence-electron chi connectivity index (χ1n) is 11.3. The molecule has 0 saturated carbocycles. The van der Waals surface area contributed by atoms with Crippen LogP contribution >= 0.6 is 15.9 Å². The van der Waals surface area contributed by atoms with Gasteiger partial charge in [-0.05, 0) is 38.1 Å². The van der Waals surface area contributed by atoms with Crippen LogP contribution in [0.15, 0.2) is 44.7 Å². The molecule has 0 aliphatic heterocycles. The third kappa shape index (κ3) is 6.50. The molecular formula is C25H27BrN4O7. The molecule has 0 aliphatic carbocycles. The van der Waals surface area contributed by atoms with Crippen molar-refractivity contribution in [2.45, 2.75) is 46.1 Å². The molecule has 0 saturated heterocycles. The minimum atomic E-state index is -0.679. The van der Waals surface area contributed by atoms with Gasteiger partial charge in [-0.25, -0.2) is 9.78 Å². The van der Waals surface area contributed by atoms with Gasteiger partial charge in [0.1, 0.15) is 5.82 Å². The Morgan fingerprint density at radius 1 is 1.27 bits per heavy atom. The van der Waals surface area contributed by atoms with Crippen molar-refractivity contribution < 1.29 is 23.9 Å². The molecule has 0 amide bonds. The number of fused-ring (bicyclic) bond motifs is 1. The number of aromatic nitrogens is 2. The Hall–Kier alpha value is -3.80. The Labute approximate surface area is 221 Å². The summed E-state index contributed by atoms with van der Waals surface area (Å²) in [5.41, 5.74) is -0.579. The van der Waals surface area contributed by atoms with Crippen molar-refractivity contribution in [2.24, 2.45) is 5.10 Å². The molecule has 0 atom stereocenters. The molecule has 0 radical (unpaired) electrons. The second-order valence-corrected chi connectivity index (χ2v) is 10.3. The van der Waals surface area contributed by atoms with Crippen LogP contribution in [0, 0.1) is 10.1 Å². The smallest absolute Gasteiger partial charge is 0.344 e. The molecule has 0 bridgehead atoms. The first-order chi connectivity index (χ1) is 17.3. The van der Waals surface area contributed by atoms with Crippen LogP contribution in [-0.4, -0.2) is 46.6 Å². The number of nitro benzene ring substituents is 1. The Bertz CT molecular complexity index is 1440. The SMILES string of the molecule is COc1cc(C=Nn2c(C(C)(C)C)nc3ccc(Br)cc3c2=O)cc([N+](=O)[O-])c1OCC(=O)OC(C)C. The first kappa shape index (κ1) is 27.8. The van der Waals surface area contributed by atoms with Gasteiger partial charge in [0.05, 0.1) is 35.3 Å². The van der Waals surface area contributed by atoms with E-state index in [1.54, 1.807) is 32.0 Å². The molecular weight excluding hydrogens is 548 g/mol. The molecule has 12 heteroatoms. The van der Waals surface area contributed by atoms with E-state index in [-0.39, 0.29) is 23.2 Å². The number of nitro groups is 1. The zero-order valence-electron chi connectivity index (χ0n) is 21.3. The number of methoxy groups -OCH3 is 1. The molecule has 0 N–H and O–H groups in total. The molecule has 0 unspecified atom stereocenters. The van der Waals surface area contributed by atoms with E-state index in [1.165, 1.54) is 30.1 Å². The van der Waals surface area contributed by atoms with Crippen molar-refractivity contribution in [2.75, 3.05) is 13.7 Å². The van der Waals surface area contributed by atoms with Gasteiger partial charge in [-0.15, -0.1) is 0 Å². The standard InChI is InChI=1S/C25H27BrN4O7/c1-14(2)37-21(31)13-36-22-19(30(33)34)9-15(10-20(22)35-6)12-27-29-23(32)17-11-16(26)7-8-18(17)28-24(29)25(3,4)5/h7-12,14H,13H2,1-6H3. The predicted octanol–water partition coefficient (Wildman–Crippen LogP) is 4.59. The van der Waals surface area contributed by atoms with Crippen molar-refractivity contribution in [3.63, 3.8) is 0 Å². The van der Waals surface area contributed by atoms with Crippen LogP contribution in [0.1, 0.15) is 46.0 Å². The van der Waals surface area contributed by atoms with Crippen molar-refractivity contribution in [1.29, 1.82) is 0 Å². The topological polar surface area (TPSA) is 135 Å². The van der Waals surface area contributed by atoms with Gasteiger partial charge in [-0.3, -0.25) is 14.9 Å². The van der Waals surface area contributed by atoms with E-state index in [2.05, 4.69) is 26.0 Å². The maximum Gasteiger partial charge on any atom is 0.344 e. The summed E-state index contributed by atoms with van der Waals surface area (Å²) in [6.07, 6.45) is 0.938. The molecule has 2 aromatic carbocycles. The third-order valence-corrected chi connectivity index (χ3v) is 5.47. The van der Waals surface area contributed by atoms with Gasteiger partial charge in [0.25, 0.3) is 5.56 Å². The van der Waals surface area contributed by atoms with Crippen LogP contribution in [-0.2, 0) is 14.9 Å². The van der Waals surface area contributed by atoms with Crippen LogP contribution in [0.3, 0.4) is 0 Å². The Balaban J connectivity index is 2.09. The number of carbonyl (C=O) groups excluding carboxylic acids is 1. The van der Waals surface area contributed by atoms with E-state index in [9.17, 15) is 19.7 Å². The molecule has 37 heavy (non-hydrogen) atoms. The van der Waals surface area contributed by atoms with E-state index >= 15 is 0 Å². The summed E-state index contributed by atoms with van der Waals surface area (Å²) in [4.78, 5) is 41.0. The lowest BCUT2D eigenvalue weighted by atomic mass is 9.95. The fraction of sp³-hybridized carbons (Fsp3) is 0.360. The maximum absolute atomic E-state index is 13.3. The average molecular weight is 575 g/mol. The van der Waals surface area contributed by atoms with E-state index in [4.69, 9.17) is 14.2 Å². The van der Waals surface area contributed by atoms with Crippen LogP contribution < -0.4 is 15.0 Å². The number of hydrogen-bond donors (Lipinski definition) is 0. The summed E-state index contributed by atoms with van der Waals surface area (Å²) in [7, 11) is 1.31. The Morgan fingerprint density at radius 3 is 2.57 bits per heavy atom. The molecule has 0 aliphatic rings. The monoisotopic (exact) mass is 574 g/mol. The van der Waals surface area contributed by atoms with Crippen molar-refractivity contribution >= 4 is 44.7 Å². The van der Waals surface area contributed by atoms with E-state index < -0.39 is 34.2 Å².